The van der Waals surface area contributed by atoms with Crippen molar-refractivity contribution in [1.82, 2.24) is 10.2 Å². The summed E-state index contributed by atoms with van der Waals surface area (Å²) >= 11 is 6.50. The van der Waals surface area contributed by atoms with Gasteiger partial charge < -0.3 is 15.5 Å². The lowest BCUT2D eigenvalue weighted by molar-refractivity contribution is -0.148. The Labute approximate surface area is 169 Å². The van der Waals surface area contributed by atoms with Gasteiger partial charge in [-0.1, -0.05) is 24.4 Å². The van der Waals surface area contributed by atoms with Crippen molar-refractivity contribution in [1.29, 1.82) is 0 Å². The maximum absolute atomic E-state index is 13.1. The molecular formula is C18H17FN2O5S2. The number of thiocarbonyl (C=S) groups is 1. The van der Waals surface area contributed by atoms with Crippen LogP contribution in [0.3, 0.4) is 0 Å². The normalized spacial score (nSPS) is 21.0. The van der Waals surface area contributed by atoms with Gasteiger partial charge in [0.15, 0.2) is 0 Å². The smallest absolute Gasteiger partial charge is 0.352 e. The number of rotatable bonds is 7. The fourth-order valence-electron chi connectivity index (χ4n) is 3.13. The van der Waals surface area contributed by atoms with Gasteiger partial charge in [-0.05, 0) is 29.7 Å². The van der Waals surface area contributed by atoms with Crippen LogP contribution in [0.2, 0.25) is 0 Å². The van der Waals surface area contributed by atoms with Gasteiger partial charge in [0.2, 0.25) is 0 Å². The molecule has 2 heterocycles. The van der Waals surface area contributed by atoms with Gasteiger partial charge in [-0.2, -0.15) is 0 Å². The number of nitrogens with zero attached hydrogens (tertiary/aromatic N) is 1. The first kappa shape index (κ1) is 20.3. The Morgan fingerprint density at radius 3 is 2.54 bits per heavy atom. The van der Waals surface area contributed by atoms with E-state index < -0.39 is 29.3 Å². The molecule has 1 aromatic carbocycles. The zero-order valence-corrected chi connectivity index (χ0v) is 16.2. The molecule has 2 aliphatic rings. The SMILES string of the molecule is O=C(O)CCC(=S)NC1C(=O)N2C(C(=O)O)=C(Cc3ccc(F)cc3)CS[C@H]12. The summed E-state index contributed by atoms with van der Waals surface area (Å²) < 4.78 is 13.1. The lowest BCUT2D eigenvalue weighted by Gasteiger charge is -2.49. The number of nitrogens with one attached hydrogen (secondary N) is 1. The number of carbonyl (C=O) groups is 3. The fourth-order valence-corrected chi connectivity index (χ4v) is 4.71. The van der Waals surface area contributed by atoms with E-state index in [0.29, 0.717) is 17.7 Å². The van der Waals surface area contributed by atoms with E-state index >= 15 is 0 Å². The Hall–Kier alpha value is -2.46. The maximum Gasteiger partial charge on any atom is 0.352 e. The zero-order valence-electron chi connectivity index (χ0n) is 14.6. The van der Waals surface area contributed by atoms with Crippen LogP contribution in [0.1, 0.15) is 18.4 Å². The number of thioether (sulfide) groups is 1. The van der Waals surface area contributed by atoms with Crippen molar-refractivity contribution in [3.05, 3.63) is 46.9 Å². The maximum atomic E-state index is 13.1. The number of benzene rings is 1. The van der Waals surface area contributed by atoms with Crippen LogP contribution in [-0.4, -0.2) is 55.1 Å². The van der Waals surface area contributed by atoms with E-state index in [1.165, 1.54) is 28.8 Å². The van der Waals surface area contributed by atoms with Crippen LogP contribution in [0.4, 0.5) is 4.39 Å². The second-order valence-corrected chi connectivity index (χ2v) is 8.01. The molecule has 7 nitrogen and oxygen atoms in total. The molecular weight excluding hydrogens is 407 g/mol. The number of carbonyl (C=O) groups excluding carboxylic acids is 1. The summed E-state index contributed by atoms with van der Waals surface area (Å²) in [4.78, 5) is 36.5. The molecule has 1 amide bonds. The van der Waals surface area contributed by atoms with Gasteiger partial charge in [0.25, 0.3) is 5.91 Å². The Kier molecular flexibility index (Phi) is 5.99. The molecule has 2 aliphatic heterocycles. The molecule has 0 aliphatic carbocycles. The number of hydrogen-bond donors (Lipinski definition) is 3. The van der Waals surface area contributed by atoms with E-state index in [4.69, 9.17) is 17.3 Å². The topological polar surface area (TPSA) is 107 Å². The number of amides is 1. The summed E-state index contributed by atoms with van der Waals surface area (Å²) in [5, 5.41) is 20.8. The van der Waals surface area contributed by atoms with E-state index in [1.807, 2.05) is 0 Å². The summed E-state index contributed by atoms with van der Waals surface area (Å²) in [6.45, 7) is 0. The first-order valence-electron chi connectivity index (χ1n) is 8.43. The summed E-state index contributed by atoms with van der Waals surface area (Å²) in [6, 6.07) is 5.11. The van der Waals surface area contributed by atoms with Gasteiger partial charge in [-0.3, -0.25) is 14.5 Å². The van der Waals surface area contributed by atoms with Gasteiger partial charge in [-0.15, -0.1) is 11.8 Å². The van der Waals surface area contributed by atoms with Crippen LogP contribution in [0.25, 0.3) is 0 Å². The number of hydrogen-bond acceptors (Lipinski definition) is 5. The van der Waals surface area contributed by atoms with Crippen molar-refractivity contribution in [3.8, 4) is 0 Å². The van der Waals surface area contributed by atoms with Gasteiger partial charge in [0.1, 0.15) is 22.9 Å². The fraction of sp³-hybridized carbons (Fsp3) is 0.333. The molecule has 1 unspecified atom stereocenters. The number of carboxylic acid groups (broad SMARTS) is 2. The third kappa shape index (κ3) is 4.17. The Balaban J connectivity index is 1.74. The predicted octanol–water partition coefficient (Wildman–Crippen LogP) is 1.77. The number of carboxylic acids is 2. The molecule has 28 heavy (non-hydrogen) atoms. The van der Waals surface area contributed by atoms with Crippen molar-refractivity contribution in [2.24, 2.45) is 0 Å². The molecule has 3 rings (SSSR count). The lowest BCUT2D eigenvalue weighted by atomic mass is 9.99. The molecule has 1 aromatic rings. The molecule has 10 heteroatoms. The van der Waals surface area contributed by atoms with Crippen LogP contribution in [0, 0.1) is 5.82 Å². The van der Waals surface area contributed by atoms with E-state index in [0.717, 1.165) is 5.56 Å². The average molecular weight is 424 g/mol. The van der Waals surface area contributed by atoms with Crippen molar-refractivity contribution in [2.45, 2.75) is 30.7 Å². The highest BCUT2D eigenvalue weighted by Gasteiger charge is 2.53. The van der Waals surface area contributed by atoms with Gasteiger partial charge in [0.05, 0.1) is 11.4 Å². The minimum absolute atomic E-state index is 0.0485. The molecule has 0 radical (unpaired) electrons. The molecule has 3 N–H and O–H groups in total. The molecule has 148 valence electrons. The van der Waals surface area contributed by atoms with Crippen LogP contribution in [0.15, 0.2) is 35.5 Å². The van der Waals surface area contributed by atoms with Crippen molar-refractivity contribution in [2.75, 3.05) is 5.75 Å². The van der Waals surface area contributed by atoms with E-state index in [-0.39, 0.29) is 29.3 Å². The van der Waals surface area contributed by atoms with Gasteiger partial charge in [-0.25, -0.2) is 9.18 Å². The third-order valence-electron chi connectivity index (χ3n) is 4.46. The molecule has 0 saturated carbocycles. The summed E-state index contributed by atoms with van der Waals surface area (Å²) in [6.07, 6.45) is 0.278. The monoisotopic (exact) mass is 424 g/mol. The molecule has 2 atom stereocenters. The highest BCUT2D eigenvalue weighted by atomic mass is 32.2. The van der Waals surface area contributed by atoms with Crippen LogP contribution in [0.5, 0.6) is 0 Å². The minimum Gasteiger partial charge on any atom is -0.481 e. The molecule has 1 saturated heterocycles. The Morgan fingerprint density at radius 1 is 1.25 bits per heavy atom. The van der Waals surface area contributed by atoms with Crippen molar-refractivity contribution >= 4 is 46.8 Å². The van der Waals surface area contributed by atoms with Gasteiger partial charge >= 0.3 is 11.9 Å². The predicted molar refractivity (Wildman–Crippen MR) is 104 cm³/mol. The third-order valence-corrected chi connectivity index (χ3v) is 6.12. The van der Waals surface area contributed by atoms with Crippen LogP contribution < -0.4 is 5.32 Å². The van der Waals surface area contributed by atoms with E-state index in [2.05, 4.69) is 5.32 Å². The average Bonchev–Trinajstić information content (AvgIpc) is 2.65. The van der Waals surface area contributed by atoms with Crippen molar-refractivity contribution in [3.63, 3.8) is 0 Å². The zero-order chi connectivity index (χ0) is 20.4. The van der Waals surface area contributed by atoms with Crippen molar-refractivity contribution < 1.29 is 29.0 Å². The summed E-state index contributed by atoms with van der Waals surface area (Å²) in [7, 11) is 0. The number of aliphatic carboxylic acids is 2. The second kappa shape index (κ2) is 8.27. The van der Waals surface area contributed by atoms with E-state index in [1.54, 1.807) is 12.1 Å². The number of halogens is 1. The lowest BCUT2D eigenvalue weighted by Crippen LogP contribution is -2.70. The van der Waals surface area contributed by atoms with Gasteiger partial charge in [0, 0.05) is 12.2 Å². The number of fused-ring (bicyclic) bond motifs is 1. The first-order valence-corrected chi connectivity index (χ1v) is 9.89. The molecule has 0 aromatic heterocycles. The largest absolute Gasteiger partial charge is 0.481 e. The first-order chi connectivity index (χ1) is 13.3. The molecule has 0 spiro atoms. The molecule has 1 fully saturated rings. The summed E-state index contributed by atoms with van der Waals surface area (Å²) in [5.41, 5.74) is 1.29. The minimum atomic E-state index is -1.19. The second-order valence-electron chi connectivity index (χ2n) is 6.41. The van der Waals surface area contributed by atoms with E-state index in [9.17, 15) is 23.9 Å². The Morgan fingerprint density at radius 2 is 1.93 bits per heavy atom. The quantitative estimate of drug-likeness (QED) is 0.449. The van der Waals surface area contributed by atoms with Crippen LogP contribution in [-0.2, 0) is 20.8 Å². The van der Waals surface area contributed by atoms with Crippen LogP contribution >= 0.6 is 24.0 Å². The number of β-lactam (4-membered cyclic amide) rings is 1. The summed E-state index contributed by atoms with van der Waals surface area (Å²) in [5.74, 6) is -2.56. The Bertz CT molecular complexity index is 871. The molecule has 0 bridgehead atoms. The standard InChI is InChI=1S/C18H17FN2O5S2/c19-11-3-1-9(2-4-11)7-10-8-28-17-14(20-12(27)5-6-13(22)23)16(24)21(17)15(10)18(25)26/h1-4,14,17H,5-8H2,(H,20,27)(H,22,23)(H,25,26)/t14?,17-/m1/s1. The highest BCUT2D eigenvalue weighted by Crippen LogP contribution is 2.41. The highest BCUT2D eigenvalue weighted by molar-refractivity contribution is 8.00.